The summed E-state index contributed by atoms with van der Waals surface area (Å²) in [5, 5.41) is 4.49. The maximum atomic E-state index is 13.7. The van der Waals surface area contributed by atoms with Gasteiger partial charge in [-0.15, -0.1) is 0 Å². The lowest BCUT2D eigenvalue weighted by Gasteiger charge is -2.22. The smallest absolute Gasteiger partial charge is 0.200 e. The fourth-order valence-corrected chi connectivity index (χ4v) is 6.00. The molecule has 1 aliphatic rings. The molecule has 1 aliphatic heterocycles. The quantitative estimate of drug-likeness (QED) is 0.168. The van der Waals surface area contributed by atoms with Crippen molar-refractivity contribution >= 4 is 11.6 Å². The number of nitrogens with two attached hydrogens (primary N) is 1. The van der Waals surface area contributed by atoms with Crippen LogP contribution in [-0.4, -0.2) is 75.6 Å². The molecule has 0 radical (unpaired) electrons. The molecular formula is C38H41FN6O4. The van der Waals surface area contributed by atoms with E-state index in [2.05, 4.69) is 28.8 Å². The van der Waals surface area contributed by atoms with Crippen molar-refractivity contribution in [2.45, 2.75) is 39.5 Å². The molecular weight excluding hydrogens is 623 g/mol. The molecule has 2 N–H and O–H groups in total. The van der Waals surface area contributed by atoms with E-state index in [-0.39, 0.29) is 29.3 Å². The number of benzene rings is 2. The first-order valence-electron chi connectivity index (χ1n) is 16.6. The summed E-state index contributed by atoms with van der Waals surface area (Å²) in [5.74, 6) is -0.294. The number of aromatic nitrogens is 4. The minimum absolute atomic E-state index is 0.0377. The molecule has 0 unspecified atom stereocenters. The van der Waals surface area contributed by atoms with E-state index in [4.69, 9.17) is 15.2 Å². The van der Waals surface area contributed by atoms with Crippen molar-refractivity contribution in [2.75, 3.05) is 45.2 Å². The normalized spacial score (nSPS) is 14.7. The van der Waals surface area contributed by atoms with Crippen LogP contribution < -0.4 is 11.2 Å². The maximum absolute atomic E-state index is 13.7. The topological polar surface area (TPSA) is 118 Å². The second-order valence-corrected chi connectivity index (χ2v) is 12.2. The maximum Gasteiger partial charge on any atom is 0.200 e. The molecule has 10 nitrogen and oxygen atoms in total. The average molecular weight is 665 g/mol. The Bertz CT molecular complexity index is 1940. The highest BCUT2D eigenvalue weighted by atomic mass is 19.1. The van der Waals surface area contributed by atoms with Crippen molar-refractivity contribution in [3.8, 4) is 33.4 Å². The lowest BCUT2D eigenvalue weighted by Crippen LogP contribution is -2.32. The number of anilines is 1. The Kier molecular flexibility index (Phi) is 10.7. The molecule has 11 heteroatoms. The van der Waals surface area contributed by atoms with Gasteiger partial charge in [0.05, 0.1) is 38.1 Å². The summed E-state index contributed by atoms with van der Waals surface area (Å²) in [5.41, 5.74) is 11.1. The van der Waals surface area contributed by atoms with Crippen molar-refractivity contribution in [2.24, 2.45) is 0 Å². The number of hydrogen-bond donors (Lipinski definition) is 1. The molecule has 0 amide bonds. The highest BCUT2D eigenvalue weighted by Crippen LogP contribution is 2.30. The zero-order valence-corrected chi connectivity index (χ0v) is 27.8. The van der Waals surface area contributed by atoms with Crippen molar-refractivity contribution in [1.82, 2.24) is 24.2 Å². The van der Waals surface area contributed by atoms with Crippen LogP contribution in [0.1, 0.15) is 29.8 Å². The molecule has 1 saturated heterocycles. The van der Waals surface area contributed by atoms with E-state index in [1.807, 2.05) is 45.8 Å². The van der Waals surface area contributed by atoms with Crippen LogP contribution in [0.15, 0.2) is 90.4 Å². The summed E-state index contributed by atoms with van der Waals surface area (Å²) in [4.78, 5) is 34.0. The second-order valence-electron chi connectivity index (χ2n) is 12.2. The number of nitrogens with zero attached hydrogens (tertiary/aromatic N) is 5. The van der Waals surface area contributed by atoms with E-state index in [1.165, 1.54) is 12.1 Å². The Hall–Kier alpha value is -4.97. The fourth-order valence-electron chi connectivity index (χ4n) is 6.00. The zero-order chi connectivity index (χ0) is 34.3. The van der Waals surface area contributed by atoms with Crippen LogP contribution in [0.5, 0.6) is 0 Å². The van der Waals surface area contributed by atoms with E-state index in [0.29, 0.717) is 49.9 Å². The van der Waals surface area contributed by atoms with Crippen LogP contribution in [0.2, 0.25) is 0 Å². The molecule has 254 valence electrons. The Labute approximate surface area is 284 Å². The van der Waals surface area contributed by atoms with Gasteiger partial charge in [-0.3, -0.25) is 14.3 Å². The van der Waals surface area contributed by atoms with Crippen LogP contribution in [0.4, 0.5) is 10.2 Å². The molecule has 0 spiro atoms. The molecule has 1 atom stereocenters. The monoisotopic (exact) mass is 664 g/mol. The summed E-state index contributed by atoms with van der Waals surface area (Å²) in [6, 6.07) is 15.3. The number of nitrogen functional groups attached to an aromatic ring is 1. The Balaban J connectivity index is 1.21. The van der Waals surface area contributed by atoms with Gasteiger partial charge in [0.25, 0.3) is 0 Å². The number of ether oxygens (including phenoxy) is 2. The van der Waals surface area contributed by atoms with Crippen LogP contribution >= 0.6 is 0 Å². The van der Waals surface area contributed by atoms with Gasteiger partial charge in [0, 0.05) is 66.6 Å². The average Bonchev–Trinajstić information content (AvgIpc) is 3.59. The van der Waals surface area contributed by atoms with E-state index >= 15 is 0 Å². The van der Waals surface area contributed by atoms with E-state index in [0.717, 1.165) is 47.5 Å². The molecule has 2 aromatic carbocycles. The molecule has 4 heterocycles. The van der Waals surface area contributed by atoms with Gasteiger partial charge in [0.2, 0.25) is 0 Å². The molecule has 0 bridgehead atoms. The van der Waals surface area contributed by atoms with Gasteiger partial charge in [-0.05, 0) is 48.0 Å². The van der Waals surface area contributed by atoms with Crippen LogP contribution in [0.25, 0.3) is 33.4 Å². The third-order valence-corrected chi connectivity index (χ3v) is 8.89. The van der Waals surface area contributed by atoms with Crippen LogP contribution in [-0.2, 0) is 29.0 Å². The largest absolute Gasteiger partial charge is 0.383 e. The molecule has 0 aliphatic carbocycles. The Morgan fingerprint density at radius 1 is 0.939 bits per heavy atom. The first-order chi connectivity index (χ1) is 23.8. The van der Waals surface area contributed by atoms with Gasteiger partial charge in [0.15, 0.2) is 11.2 Å². The number of pyridine rings is 2. The molecule has 1 fully saturated rings. The number of ketones is 1. The molecule has 0 saturated carbocycles. The number of likely N-dealkylation sites (N-methyl/N-ethyl adjacent to an activating group) is 1. The number of halogens is 1. The molecule has 6 rings (SSSR count). The molecule has 5 aromatic rings. The zero-order valence-electron chi connectivity index (χ0n) is 27.8. The third-order valence-electron chi connectivity index (χ3n) is 8.89. The van der Waals surface area contributed by atoms with Crippen molar-refractivity contribution in [3.05, 3.63) is 113 Å². The highest BCUT2D eigenvalue weighted by molar-refractivity contribution is 5.98. The van der Waals surface area contributed by atoms with Crippen LogP contribution in [0.3, 0.4) is 0 Å². The summed E-state index contributed by atoms with van der Waals surface area (Å²) < 4.78 is 28.7. The number of carbonyl (C=O) groups excluding carboxylic acids is 1. The first-order valence-corrected chi connectivity index (χ1v) is 16.6. The van der Waals surface area contributed by atoms with Gasteiger partial charge in [-0.1, -0.05) is 50.2 Å². The van der Waals surface area contributed by atoms with Gasteiger partial charge in [-0.2, -0.15) is 5.10 Å². The van der Waals surface area contributed by atoms with Gasteiger partial charge in [-0.25, -0.2) is 9.37 Å². The first kappa shape index (κ1) is 33.9. The lowest BCUT2D eigenvalue weighted by molar-refractivity contribution is -0.0946. The van der Waals surface area contributed by atoms with Crippen molar-refractivity contribution in [1.29, 1.82) is 0 Å². The van der Waals surface area contributed by atoms with Crippen molar-refractivity contribution in [3.63, 3.8) is 0 Å². The second kappa shape index (κ2) is 15.5. The standard InChI is InChI=1S/C38H41FN6O4/c1-3-43(4-2)13-14-44-23-34(28-9-11-31(39)12-10-28)37(47)35(24-44)36(46)17-26-5-7-27(8-6-26)33-18-29(19-41-38(33)40)30-20-42-45(21-30)22-32-25-48-15-16-49-32/h5-12,18-21,23-24,32H,3-4,13-17,22,25H2,1-2H3,(H2,40,41)/t32-/m0/s1. The predicted molar refractivity (Wildman–Crippen MR) is 188 cm³/mol. The number of hydrogen-bond acceptors (Lipinski definition) is 8. The lowest BCUT2D eigenvalue weighted by atomic mass is 9.97. The third kappa shape index (κ3) is 8.19. The van der Waals surface area contributed by atoms with Crippen LogP contribution in [0, 0.1) is 5.82 Å². The SMILES string of the molecule is CCN(CC)CCn1cc(C(=O)Cc2ccc(-c3cc(-c4cnn(C[C@H]5COCCO5)c4)cnc3N)cc2)c(=O)c(-c2ccc(F)cc2)c1. The van der Waals surface area contributed by atoms with E-state index in [1.54, 1.807) is 36.9 Å². The number of rotatable bonds is 13. The fraction of sp³-hybridized carbons (Fsp3) is 0.316. The Morgan fingerprint density at radius 3 is 2.39 bits per heavy atom. The van der Waals surface area contributed by atoms with Gasteiger partial charge < -0.3 is 24.7 Å². The Morgan fingerprint density at radius 2 is 1.67 bits per heavy atom. The summed E-state index contributed by atoms with van der Waals surface area (Å²) in [7, 11) is 0. The number of Topliss-reactive ketones (excluding diaryl/α,β-unsaturated/α-hetero) is 1. The molecule has 3 aromatic heterocycles. The summed E-state index contributed by atoms with van der Waals surface area (Å²) in [6.45, 7) is 9.69. The van der Waals surface area contributed by atoms with Gasteiger partial charge >= 0.3 is 0 Å². The van der Waals surface area contributed by atoms with Crippen molar-refractivity contribution < 1.29 is 18.7 Å². The minimum Gasteiger partial charge on any atom is -0.383 e. The number of carbonyl (C=O) groups is 1. The van der Waals surface area contributed by atoms with E-state index < -0.39 is 5.82 Å². The minimum atomic E-state index is -0.391. The molecule has 49 heavy (non-hydrogen) atoms. The summed E-state index contributed by atoms with van der Waals surface area (Å²) >= 11 is 0. The van der Waals surface area contributed by atoms with Gasteiger partial charge in [0.1, 0.15) is 17.7 Å². The summed E-state index contributed by atoms with van der Waals surface area (Å²) in [6.07, 6.45) is 8.87. The predicted octanol–water partition coefficient (Wildman–Crippen LogP) is 5.34. The highest BCUT2D eigenvalue weighted by Gasteiger charge is 2.19. The van der Waals surface area contributed by atoms with E-state index in [9.17, 15) is 14.0 Å².